The molecule has 0 saturated carbocycles. The normalized spacial score (nSPS) is 20.1. The monoisotopic (exact) mass is 477 g/mol. The first-order valence-electron chi connectivity index (χ1n) is 9.77. The highest BCUT2D eigenvalue weighted by atomic mass is 35.5. The first-order chi connectivity index (χ1) is 15.4. The molecule has 11 heteroatoms. The summed E-state index contributed by atoms with van der Waals surface area (Å²) in [7, 11) is 3.13. The molecule has 2 unspecified atom stereocenters. The fourth-order valence-corrected chi connectivity index (χ4v) is 4.64. The van der Waals surface area contributed by atoms with Gasteiger partial charge in [-0.15, -0.1) is 0 Å². The number of aliphatic imine (C=N–C) groups is 1. The highest BCUT2D eigenvalue weighted by molar-refractivity contribution is 8.14. The van der Waals surface area contributed by atoms with Crippen molar-refractivity contribution in [2.24, 2.45) is 10.9 Å². The number of nitrogens with one attached hydrogen (secondary N) is 2. The summed E-state index contributed by atoms with van der Waals surface area (Å²) < 4.78 is 18.4. The van der Waals surface area contributed by atoms with Crippen LogP contribution in [0, 0.1) is 11.7 Å². The van der Waals surface area contributed by atoms with E-state index in [0.29, 0.717) is 33.9 Å². The maximum Gasteiger partial charge on any atom is 0.241 e. The standard InChI is InChI=1S/C21H21ClFN5O3S/c1-27(13-5-3-12(23)4-6-13)18(29)11-32-21-25-19-15(10-24-26-19)20(30)28(21)14-7-8-17(31-2)16(22)9-14/h3-9,15,19,24,26H,10-11H2,1-2H3. The zero-order valence-electron chi connectivity index (χ0n) is 17.3. The molecule has 0 bridgehead atoms. The lowest BCUT2D eigenvalue weighted by Crippen LogP contribution is -2.49. The van der Waals surface area contributed by atoms with Crippen molar-refractivity contribution in [3.8, 4) is 5.75 Å². The van der Waals surface area contributed by atoms with E-state index in [4.69, 9.17) is 16.3 Å². The summed E-state index contributed by atoms with van der Waals surface area (Å²) in [6.45, 7) is 0.442. The number of thioether (sulfide) groups is 1. The van der Waals surface area contributed by atoms with Crippen LogP contribution in [0.3, 0.4) is 0 Å². The van der Waals surface area contributed by atoms with Crippen LogP contribution in [-0.2, 0) is 9.59 Å². The van der Waals surface area contributed by atoms with Gasteiger partial charge in [0.15, 0.2) is 5.17 Å². The lowest BCUT2D eigenvalue weighted by Gasteiger charge is -2.32. The van der Waals surface area contributed by atoms with Gasteiger partial charge in [0, 0.05) is 19.3 Å². The number of amides is 2. The number of ether oxygens (including phenoxy) is 1. The molecular formula is C21H21ClFN5O3S. The molecule has 1 saturated heterocycles. The van der Waals surface area contributed by atoms with Crippen LogP contribution in [0.1, 0.15) is 0 Å². The predicted octanol–water partition coefficient (Wildman–Crippen LogP) is 2.64. The van der Waals surface area contributed by atoms with Crippen LogP contribution >= 0.6 is 23.4 Å². The number of amidine groups is 1. The van der Waals surface area contributed by atoms with Crippen LogP contribution in [0.4, 0.5) is 15.8 Å². The number of carbonyl (C=O) groups excluding carboxylic acids is 2. The van der Waals surface area contributed by atoms with E-state index in [1.54, 1.807) is 25.2 Å². The number of hydrogen-bond donors (Lipinski definition) is 2. The molecule has 2 aromatic rings. The average molecular weight is 478 g/mol. The minimum Gasteiger partial charge on any atom is -0.495 e. The zero-order valence-corrected chi connectivity index (χ0v) is 18.9. The molecule has 2 aliphatic heterocycles. The van der Waals surface area contributed by atoms with E-state index >= 15 is 0 Å². The molecule has 32 heavy (non-hydrogen) atoms. The molecule has 168 valence electrons. The van der Waals surface area contributed by atoms with Crippen LogP contribution in [-0.4, -0.2) is 49.6 Å². The smallest absolute Gasteiger partial charge is 0.241 e. The lowest BCUT2D eigenvalue weighted by atomic mass is 10.0. The van der Waals surface area contributed by atoms with E-state index in [2.05, 4.69) is 15.8 Å². The van der Waals surface area contributed by atoms with Crippen molar-refractivity contribution in [3.05, 3.63) is 53.3 Å². The van der Waals surface area contributed by atoms with Gasteiger partial charge in [0.25, 0.3) is 0 Å². The third-order valence-electron chi connectivity index (χ3n) is 5.24. The Morgan fingerprint density at radius 2 is 2.09 bits per heavy atom. The summed E-state index contributed by atoms with van der Waals surface area (Å²) >= 11 is 7.43. The van der Waals surface area contributed by atoms with Gasteiger partial charge in [-0.2, -0.15) is 0 Å². The number of rotatable bonds is 5. The third-order valence-corrected chi connectivity index (χ3v) is 6.47. The van der Waals surface area contributed by atoms with Crippen LogP contribution in [0.2, 0.25) is 5.02 Å². The zero-order chi connectivity index (χ0) is 22.8. The van der Waals surface area contributed by atoms with E-state index < -0.39 is 6.17 Å². The van der Waals surface area contributed by atoms with Crippen molar-refractivity contribution in [1.82, 2.24) is 10.9 Å². The molecule has 2 atom stereocenters. The first kappa shape index (κ1) is 22.5. The first-order valence-corrected chi connectivity index (χ1v) is 11.1. The Kier molecular flexibility index (Phi) is 6.66. The quantitative estimate of drug-likeness (QED) is 0.688. The molecular weight excluding hydrogens is 457 g/mol. The third kappa shape index (κ3) is 4.44. The molecule has 0 aliphatic carbocycles. The lowest BCUT2D eigenvalue weighted by molar-refractivity contribution is -0.121. The van der Waals surface area contributed by atoms with E-state index in [-0.39, 0.29) is 29.3 Å². The molecule has 2 N–H and O–H groups in total. The second-order valence-electron chi connectivity index (χ2n) is 7.20. The van der Waals surface area contributed by atoms with Crippen molar-refractivity contribution in [2.45, 2.75) is 6.17 Å². The highest BCUT2D eigenvalue weighted by Gasteiger charge is 2.42. The van der Waals surface area contributed by atoms with Gasteiger partial charge >= 0.3 is 0 Å². The molecule has 2 aliphatic rings. The summed E-state index contributed by atoms with van der Waals surface area (Å²) in [5.74, 6) is -0.595. The second kappa shape index (κ2) is 9.45. The number of nitrogens with zero attached hydrogens (tertiary/aromatic N) is 3. The average Bonchev–Trinajstić information content (AvgIpc) is 3.26. The molecule has 0 aromatic heterocycles. The Hall–Kier alpha value is -2.66. The molecule has 2 aromatic carbocycles. The van der Waals surface area contributed by atoms with Crippen molar-refractivity contribution in [3.63, 3.8) is 0 Å². The Morgan fingerprint density at radius 1 is 1.34 bits per heavy atom. The van der Waals surface area contributed by atoms with Crippen molar-refractivity contribution >= 4 is 51.7 Å². The Balaban J connectivity index is 1.56. The number of hydrazine groups is 1. The van der Waals surface area contributed by atoms with Crippen molar-refractivity contribution < 1.29 is 18.7 Å². The summed E-state index contributed by atoms with van der Waals surface area (Å²) in [6, 6.07) is 10.7. The van der Waals surface area contributed by atoms with Crippen LogP contribution < -0.4 is 25.4 Å². The van der Waals surface area contributed by atoms with Gasteiger partial charge < -0.3 is 9.64 Å². The van der Waals surface area contributed by atoms with Gasteiger partial charge in [0.1, 0.15) is 17.7 Å². The van der Waals surface area contributed by atoms with Crippen molar-refractivity contribution in [1.29, 1.82) is 0 Å². The minimum absolute atomic E-state index is 0.0329. The van der Waals surface area contributed by atoms with E-state index in [0.717, 1.165) is 11.8 Å². The highest BCUT2D eigenvalue weighted by Crippen LogP contribution is 2.34. The van der Waals surface area contributed by atoms with Crippen LogP contribution in [0.15, 0.2) is 47.5 Å². The molecule has 0 spiro atoms. The fraction of sp³-hybridized carbons (Fsp3) is 0.286. The molecule has 2 heterocycles. The van der Waals surface area contributed by atoms with Gasteiger partial charge in [-0.05, 0) is 42.5 Å². The minimum atomic E-state index is -0.417. The molecule has 1 fully saturated rings. The maximum absolute atomic E-state index is 13.3. The van der Waals surface area contributed by atoms with Crippen LogP contribution in [0.25, 0.3) is 0 Å². The summed E-state index contributed by atoms with van der Waals surface area (Å²) in [4.78, 5) is 33.6. The van der Waals surface area contributed by atoms with Gasteiger partial charge in [-0.25, -0.2) is 14.8 Å². The number of carbonyl (C=O) groups is 2. The Bertz CT molecular complexity index is 1070. The summed E-state index contributed by atoms with van der Waals surface area (Å²) in [5, 5.41) is 0.744. The predicted molar refractivity (Wildman–Crippen MR) is 124 cm³/mol. The maximum atomic E-state index is 13.3. The van der Waals surface area contributed by atoms with Crippen LogP contribution in [0.5, 0.6) is 5.75 Å². The van der Waals surface area contributed by atoms with Gasteiger partial charge in [-0.3, -0.25) is 19.9 Å². The Labute approximate surface area is 193 Å². The fourth-order valence-electron chi connectivity index (χ4n) is 3.43. The number of fused-ring (bicyclic) bond motifs is 1. The van der Waals surface area contributed by atoms with E-state index in [1.807, 2.05) is 0 Å². The van der Waals surface area contributed by atoms with Gasteiger partial charge in [0.05, 0.1) is 29.5 Å². The summed E-state index contributed by atoms with van der Waals surface area (Å²) in [5.41, 5.74) is 7.05. The molecule has 4 rings (SSSR count). The van der Waals surface area contributed by atoms with E-state index in [1.165, 1.54) is 41.2 Å². The van der Waals surface area contributed by atoms with E-state index in [9.17, 15) is 14.0 Å². The second-order valence-corrected chi connectivity index (χ2v) is 8.55. The largest absolute Gasteiger partial charge is 0.495 e. The number of hydrogen-bond acceptors (Lipinski definition) is 7. The number of halogens is 2. The SMILES string of the molecule is COc1ccc(N2C(=O)C3CNNC3N=C2SCC(=O)N(C)c2ccc(F)cc2)cc1Cl. The topological polar surface area (TPSA) is 86.3 Å². The number of anilines is 2. The van der Waals surface area contributed by atoms with Gasteiger partial charge in [-0.1, -0.05) is 23.4 Å². The molecule has 2 amide bonds. The van der Waals surface area contributed by atoms with Gasteiger partial charge in [0.2, 0.25) is 11.8 Å². The summed E-state index contributed by atoms with van der Waals surface area (Å²) in [6.07, 6.45) is -0.417. The number of methoxy groups -OCH3 is 1. The molecule has 8 nitrogen and oxygen atoms in total. The van der Waals surface area contributed by atoms with Crippen molar-refractivity contribution in [2.75, 3.05) is 36.3 Å². The number of benzene rings is 2. The Morgan fingerprint density at radius 3 is 2.78 bits per heavy atom. The molecule has 0 radical (unpaired) electrons.